The van der Waals surface area contributed by atoms with Gasteiger partial charge < -0.3 is 15.3 Å². The highest BCUT2D eigenvalue weighted by molar-refractivity contribution is 7.98. The molecule has 0 bridgehead atoms. The molecule has 206 valence electrons. The summed E-state index contributed by atoms with van der Waals surface area (Å²) in [6.07, 6.45) is 6.57. The minimum atomic E-state index is -0.570. The van der Waals surface area contributed by atoms with Crippen LogP contribution in [0.25, 0.3) is 0 Å². The number of amides is 2. The van der Waals surface area contributed by atoms with Gasteiger partial charge in [0.25, 0.3) is 5.91 Å². The average Bonchev–Trinajstić information content (AvgIpc) is 3.81. The summed E-state index contributed by atoms with van der Waals surface area (Å²) >= 11 is 1.79. The molecule has 2 N–H and O–H groups in total. The number of hydrogen-bond donors (Lipinski definition) is 2. The number of hydrogen-bond acceptors (Lipinski definition) is 6. The van der Waals surface area contributed by atoms with Crippen LogP contribution >= 0.6 is 11.8 Å². The normalized spacial score (nSPS) is 24.0. The number of carbonyl (C=O) groups is 2. The first-order chi connectivity index (χ1) is 19.5. The van der Waals surface area contributed by atoms with E-state index in [1.807, 2.05) is 29.2 Å². The predicted molar refractivity (Wildman–Crippen MR) is 153 cm³/mol. The van der Waals surface area contributed by atoms with Gasteiger partial charge in [-0.1, -0.05) is 42.5 Å². The van der Waals surface area contributed by atoms with Crippen molar-refractivity contribution in [2.45, 2.75) is 67.3 Å². The lowest BCUT2D eigenvalue weighted by Gasteiger charge is -2.47. The third-order valence-electron chi connectivity index (χ3n) is 8.77. The second-order valence-electron chi connectivity index (χ2n) is 11.3. The van der Waals surface area contributed by atoms with Crippen LogP contribution in [-0.4, -0.2) is 45.2 Å². The lowest BCUT2D eigenvalue weighted by Crippen LogP contribution is -2.58. The second kappa shape index (κ2) is 10.0. The standard InChI is InChI=1S/C31H32N4O4S/c36-25-15-16-34-28(29(25)37)31(39)33(22-13-9-19(10-14-22)30(38)32-21-11-12-21)18-35(34)27-23-6-2-1-5-20(23)17-40-26-8-4-3-7-24(26)27/h1-8,15-16,19,21-22,27,37H,9-14,17-18H2,(H,32,38)/t19?,22?,27-/m0/s1. The molecule has 2 aromatic carbocycles. The summed E-state index contributed by atoms with van der Waals surface area (Å²) in [6.45, 7) is 0.301. The van der Waals surface area contributed by atoms with Crippen LogP contribution in [0.5, 0.6) is 5.75 Å². The van der Waals surface area contributed by atoms with Crippen molar-refractivity contribution in [2.24, 2.45) is 5.92 Å². The van der Waals surface area contributed by atoms with Crippen LogP contribution < -0.4 is 15.8 Å². The fourth-order valence-corrected chi connectivity index (χ4v) is 7.55. The summed E-state index contributed by atoms with van der Waals surface area (Å²) in [7, 11) is 0. The van der Waals surface area contributed by atoms with Gasteiger partial charge in [0.1, 0.15) is 6.67 Å². The second-order valence-corrected chi connectivity index (χ2v) is 12.3. The molecule has 9 heteroatoms. The smallest absolute Gasteiger partial charge is 0.278 e. The van der Waals surface area contributed by atoms with Crippen LogP contribution in [0.3, 0.4) is 0 Å². The summed E-state index contributed by atoms with van der Waals surface area (Å²) in [4.78, 5) is 42.2. The van der Waals surface area contributed by atoms with E-state index in [0.717, 1.165) is 29.7 Å². The maximum Gasteiger partial charge on any atom is 0.278 e. The predicted octanol–water partition coefficient (Wildman–Crippen LogP) is 4.14. The van der Waals surface area contributed by atoms with E-state index < -0.39 is 11.2 Å². The SMILES string of the molecule is O=C(NC1CC1)C1CCC(N2CN([C@H]3c4ccccc4CSc4ccccc43)n3ccc(=O)c(O)c3C2=O)CC1. The average molecular weight is 557 g/mol. The Kier molecular flexibility index (Phi) is 6.34. The third-order valence-corrected chi connectivity index (χ3v) is 9.91. The van der Waals surface area contributed by atoms with Crippen LogP contribution in [0.4, 0.5) is 0 Å². The fourth-order valence-electron chi connectivity index (χ4n) is 6.45. The monoisotopic (exact) mass is 556 g/mol. The van der Waals surface area contributed by atoms with Gasteiger partial charge in [-0.3, -0.25) is 24.1 Å². The van der Waals surface area contributed by atoms with Crippen molar-refractivity contribution in [3.05, 3.63) is 93.4 Å². The lowest BCUT2D eigenvalue weighted by molar-refractivity contribution is -0.126. The van der Waals surface area contributed by atoms with Gasteiger partial charge in [0.15, 0.2) is 11.4 Å². The number of thioether (sulfide) groups is 1. The molecule has 1 atom stereocenters. The van der Waals surface area contributed by atoms with Crippen LogP contribution in [0.1, 0.15) is 71.7 Å². The summed E-state index contributed by atoms with van der Waals surface area (Å²) in [5.41, 5.74) is 2.90. The Morgan fingerprint density at radius 2 is 1.62 bits per heavy atom. The summed E-state index contributed by atoms with van der Waals surface area (Å²) in [5, 5.41) is 16.2. The van der Waals surface area contributed by atoms with Gasteiger partial charge in [-0.15, -0.1) is 11.8 Å². The van der Waals surface area contributed by atoms with Gasteiger partial charge in [-0.2, -0.15) is 0 Å². The van der Waals surface area contributed by atoms with Crippen LogP contribution in [-0.2, 0) is 10.5 Å². The van der Waals surface area contributed by atoms with Crippen molar-refractivity contribution in [2.75, 3.05) is 11.7 Å². The van der Waals surface area contributed by atoms with E-state index in [-0.39, 0.29) is 35.5 Å². The molecule has 40 heavy (non-hydrogen) atoms. The van der Waals surface area contributed by atoms with Gasteiger partial charge in [-0.25, -0.2) is 0 Å². The highest BCUT2D eigenvalue weighted by Crippen LogP contribution is 2.43. The molecule has 2 fully saturated rings. The summed E-state index contributed by atoms with van der Waals surface area (Å²) < 4.78 is 1.68. The zero-order valence-electron chi connectivity index (χ0n) is 22.2. The van der Waals surface area contributed by atoms with E-state index >= 15 is 0 Å². The number of aromatic nitrogens is 1. The molecule has 2 aliphatic carbocycles. The Hall–Kier alpha value is -3.72. The minimum absolute atomic E-state index is 0.000729. The number of benzene rings is 2. The molecule has 3 aromatic rings. The number of nitrogens with one attached hydrogen (secondary N) is 1. The molecular weight excluding hydrogens is 524 g/mol. The maximum absolute atomic E-state index is 13.9. The number of nitrogens with zero attached hydrogens (tertiary/aromatic N) is 3. The van der Waals surface area contributed by atoms with Crippen LogP contribution in [0.15, 0.2) is 70.5 Å². The highest BCUT2D eigenvalue weighted by atomic mass is 32.2. The van der Waals surface area contributed by atoms with E-state index in [9.17, 15) is 19.5 Å². The molecule has 0 spiro atoms. The fraction of sp³-hybridized carbons (Fsp3) is 0.387. The highest BCUT2D eigenvalue weighted by Gasteiger charge is 2.42. The third kappa shape index (κ3) is 4.36. The Morgan fingerprint density at radius 1 is 0.900 bits per heavy atom. The first-order valence-electron chi connectivity index (χ1n) is 14.1. The van der Waals surface area contributed by atoms with E-state index in [0.29, 0.717) is 38.4 Å². The molecular formula is C31H32N4O4S. The maximum atomic E-state index is 13.9. The lowest BCUT2D eigenvalue weighted by atomic mass is 9.84. The molecule has 7 rings (SSSR count). The molecule has 4 aliphatic rings. The Balaban J connectivity index is 1.28. The van der Waals surface area contributed by atoms with Crippen molar-refractivity contribution < 1.29 is 14.7 Å². The molecule has 0 radical (unpaired) electrons. The number of aromatic hydroxyl groups is 1. The van der Waals surface area contributed by atoms with Crippen molar-refractivity contribution in [3.63, 3.8) is 0 Å². The number of pyridine rings is 1. The zero-order chi connectivity index (χ0) is 27.4. The van der Waals surface area contributed by atoms with Crippen LogP contribution in [0.2, 0.25) is 0 Å². The Labute approximate surface area is 237 Å². The van der Waals surface area contributed by atoms with Gasteiger partial charge in [-0.05, 0) is 61.3 Å². The Morgan fingerprint density at radius 3 is 2.40 bits per heavy atom. The molecule has 3 heterocycles. The molecule has 8 nitrogen and oxygen atoms in total. The molecule has 2 amide bonds. The zero-order valence-corrected chi connectivity index (χ0v) is 23.0. The van der Waals surface area contributed by atoms with Gasteiger partial charge >= 0.3 is 0 Å². The van der Waals surface area contributed by atoms with Crippen molar-refractivity contribution in [1.82, 2.24) is 14.9 Å². The van der Waals surface area contributed by atoms with Crippen molar-refractivity contribution in [3.8, 4) is 5.75 Å². The number of fused-ring (bicyclic) bond motifs is 3. The Bertz CT molecular complexity index is 1490. The molecule has 0 unspecified atom stereocenters. The number of rotatable bonds is 4. The first-order valence-corrected chi connectivity index (χ1v) is 15.1. The first kappa shape index (κ1) is 25.3. The van der Waals surface area contributed by atoms with Gasteiger partial charge in [0, 0.05) is 40.9 Å². The molecule has 2 saturated carbocycles. The van der Waals surface area contributed by atoms with Crippen LogP contribution in [0, 0.1) is 5.92 Å². The van der Waals surface area contributed by atoms with E-state index in [4.69, 9.17) is 0 Å². The van der Waals surface area contributed by atoms with Crippen molar-refractivity contribution in [1.29, 1.82) is 0 Å². The van der Waals surface area contributed by atoms with E-state index in [1.165, 1.54) is 16.5 Å². The molecule has 2 aliphatic heterocycles. The van der Waals surface area contributed by atoms with E-state index in [1.54, 1.807) is 22.6 Å². The summed E-state index contributed by atoms with van der Waals surface area (Å²) in [5.74, 6) is 0.0567. The van der Waals surface area contributed by atoms with Crippen molar-refractivity contribution >= 4 is 23.6 Å². The number of carbonyl (C=O) groups excluding carboxylic acids is 2. The van der Waals surface area contributed by atoms with Gasteiger partial charge in [0.2, 0.25) is 11.3 Å². The topological polar surface area (TPSA) is 94.9 Å². The molecule has 1 aromatic heterocycles. The van der Waals surface area contributed by atoms with Gasteiger partial charge in [0.05, 0.1) is 6.04 Å². The molecule has 0 saturated heterocycles. The minimum Gasteiger partial charge on any atom is -0.502 e. The largest absolute Gasteiger partial charge is 0.502 e. The summed E-state index contributed by atoms with van der Waals surface area (Å²) in [6, 6.07) is 18.0. The quantitative estimate of drug-likeness (QED) is 0.502. The van der Waals surface area contributed by atoms with E-state index in [2.05, 4.69) is 34.6 Å².